The number of hydrogen-bond donors (Lipinski definition) is 1. The van der Waals surface area contributed by atoms with Crippen molar-refractivity contribution in [2.45, 2.75) is 44.7 Å². The Hall–Kier alpha value is -0.590. The molecule has 0 saturated carbocycles. The summed E-state index contributed by atoms with van der Waals surface area (Å²) in [6, 6.07) is 2.88. The molecule has 0 aliphatic heterocycles. The molecule has 0 amide bonds. The number of halogens is 4. The highest BCUT2D eigenvalue weighted by Crippen LogP contribution is 2.36. The first kappa shape index (κ1) is 17.5. The Morgan fingerprint density at radius 2 is 1.80 bits per heavy atom. The minimum atomic E-state index is -4.50. The third kappa shape index (κ3) is 4.46. The Morgan fingerprint density at radius 3 is 2.25 bits per heavy atom. The van der Waals surface area contributed by atoms with Gasteiger partial charge in [-0.2, -0.15) is 13.2 Å². The third-order valence-electron chi connectivity index (χ3n) is 2.63. The van der Waals surface area contributed by atoms with Crippen LogP contribution in [0.2, 0.25) is 5.02 Å². The number of benzene rings is 1. The maximum absolute atomic E-state index is 13.0. The molecular weight excluding hydrogens is 311 g/mol. The number of alkyl halides is 3. The Morgan fingerprint density at radius 1 is 1.25 bits per heavy atom. The fourth-order valence-electron chi connectivity index (χ4n) is 1.55. The largest absolute Gasteiger partial charge is 0.416 e. The van der Waals surface area contributed by atoms with Gasteiger partial charge in [-0.1, -0.05) is 17.7 Å². The normalized spacial score (nSPS) is 16.0. The molecular formula is C13H17ClF3NOS. The van der Waals surface area contributed by atoms with Gasteiger partial charge in [-0.3, -0.25) is 0 Å². The molecule has 2 atom stereocenters. The van der Waals surface area contributed by atoms with Crippen molar-refractivity contribution >= 4 is 22.6 Å². The Labute approximate surface area is 124 Å². The van der Waals surface area contributed by atoms with E-state index in [9.17, 15) is 17.4 Å². The first-order valence-corrected chi connectivity index (χ1v) is 7.50. The molecule has 0 radical (unpaired) electrons. The van der Waals surface area contributed by atoms with Crippen LogP contribution in [0.5, 0.6) is 0 Å². The van der Waals surface area contributed by atoms with E-state index in [1.807, 2.05) is 0 Å². The molecule has 2 nitrogen and oxygen atoms in total. The van der Waals surface area contributed by atoms with Crippen molar-refractivity contribution < 1.29 is 17.4 Å². The zero-order valence-electron chi connectivity index (χ0n) is 11.6. The predicted octanol–water partition coefficient (Wildman–Crippen LogP) is 4.47. The highest BCUT2D eigenvalue weighted by atomic mass is 35.5. The molecule has 0 aromatic heterocycles. The molecule has 2 unspecified atom stereocenters. The van der Waals surface area contributed by atoms with E-state index in [2.05, 4.69) is 4.72 Å². The minimum absolute atomic E-state index is 0.0187. The summed E-state index contributed by atoms with van der Waals surface area (Å²) in [5.74, 6) is 0. The standard InChI is InChI=1S/C13H17ClF3NOS/c1-8(18-20(19)12(2,3)4)10-6-5-9(14)7-11(10)13(15,16)17/h5-8,18H,1-4H3. The zero-order valence-corrected chi connectivity index (χ0v) is 13.2. The quantitative estimate of drug-likeness (QED) is 0.871. The van der Waals surface area contributed by atoms with Crippen LogP contribution in [0.25, 0.3) is 0 Å². The maximum atomic E-state index is 13.0. The first-order chi connectivity index (χ1) is 8.93. The molecule has 0 aliphatic carbocycles. The summed E-state index contributed by atoms with van der Waals surface area (Å²) in [5.41, 5.74) is -0.782. The molecule has 114 valence electrons. The fraction of sp³-hybridized carbons (Fsp3) is 0.538. The molecule has 7 heteroatoms. The second-order valence-corrected chi connectivity index (χ2v) is 7.88. The second kappa shape index (κ2) is 6.03. The average Bonchev–Trinajstić information content (AvgIpc) is 2.26. The minimum Gasteiger partial charge on any atom is -0.242 e. The molecule has 1 rings (SSSR count). The SMILES string of the molecule is CC(NS(=O)C(C)(C)C)c1ccc(Cl)cc1C(F)(F)F. The molecule has 0 spiro atoms. The maximum Gasteiger partial charge on any atom is 0.416 e. The summed E-state index contributed by atoms with van der Waals surface area (Å²) in [4.78, 5) is 0. The van der Waals surface area contributed by atoms with Crippen molar-refractivity contribution in [2.75, 3.05) is 0 Å². The van der Waals surface area contributed by atoms with Crippen LogP contribution in [-0.4, -0.2) is 8.96 Å². The van der Waals surface area contributed by atoms with Crippen molar-refractivity contribution in [2.24, 2.45) is 0 Å². The number of hydrogen-bond acceptors (Lipinski definition) is 1. The van der Waals surface area contributed by atoms with Crippen molar-refractivity contribution in [1.29, 1.82) is 0 Å². The summed E-state index contributed by atoms with van der Waals surface area (Å²) in [6.07, 6.45) is -4.50. The van der Waals surface area contributed by atoms with Gasteiger partial charge in [0.2, 0.25) is 0 Å². The van der Waals surface area contributed by atoms with Crippen molar-refractivity contribution in [3.8, 4) is 0 Å². The monoisotopic (exact) mass is 327 g/mol. The van der Waals surface area contributed by atoms with E-state index in [1.165, 1.54) is 12.1 Å². The van der Waals surface area contributed by atoms with E-state index < -0.39 is 33.5 Å². The molecule has 0 heterocycles. The van der Waals surface area contributed by atoms with Crippen LogP contribution in [0.1, 0.15) is 44.9 Å². The van der Waals surface area contributed by atoms with Gasteiger partial charge in [0.1, 0.15) is 0 Å². The van der Waals surface area contributed by atoms with Crippen LogP contribution in [0.15, 0.2) is 18.2 Å². The highest BCUT2D eigenvalue weighted by Gasteiger charge is 2.35. The van der Waals surface area contributed by atoms with Gasteiger partial charge in [0, 0.05) is 11.1 Å². The molecule has 1 aromatic carbocycles. The van der Waals surface area contributed by atoms with Gasteiger partial charge in [-0.15, -0.1) is 0 Å². The van der Waals surface area contributed by atoms with E-state index in [-0.39, 0.29) is 10.6 Å². The fourth-order valence-corrected chi connectivity index (χ4v) is 2.53. The van der Waals surface area contributed by atoms with Crippen LogP contribution in [0.3, 0.4) is 0 Å². The van der Waals surface area contributed by atoms with Gasteiger partial charge in [0.05, 0.1) is 21.3 Å². The lowest BCUT2D eigenvalue weighted by Gasteiger charge is -2.24. The second-order valence-electron chi connectivity index (χ2n) is 5.45. The third-order valence-corrected chi connectivity index (χ3v) is 4.54. The van der Waals surface area contributed by atoms with E-state index in [1.54, 1.807) is 27.7 Å². The van der Waals surface area contributed by atoms with E-state index in [0.29, 0.717) is 0 Å². The lowest BCUT2D eigenvalue weighted by molar-refractivity contribution is -0.138. The topological polar surface area (TPSA) is 29.1 Å². The van der Waals surface area contributed by atoms with E-state index in [4.69, 9.17) is 11.6 Å². The molecule has 0 bridgehead atoms. The van der Waals surface area contributed by atoms with Gasteiger partial charge in [-0.05, 0) is 45.4 Å². The van der Waals surface area contributed by atoms with Crippen molar-refractivity contribution in [1.82, 2.24) is 4.72 Å². The van der Waals surface area contributed by atoms with E-state index >= 15 is 0 Å². The smallest absolute Gasteiger partial charge is 0.242 e. The van der Waals surface area contributed by atoms with Crippen LogP contribution in [0, 0.1) is 0 Å². The van der Waals surface area contributed by atoms with Gasteiger partial charge in [0.15, 0.2) is 0 Å². The van der Waals surface area contributed by atoms with Crippen LogP contribution in [-0.2, 0) is 17.2 Å². The highest BCUT2D eigenvalue weighted by molar-refractivity contribution is 7.84. The van der Waals surface area contributed by atoms with Gasteiger partial charge >= 0.3 is 6.18 Å². The lowest BCUT2D eigenvalue weighted by Crippen LogP contribution is -2.35. The molecule has 1 aromatic rings. The molecule has 0 saturated heterocycles. The van der Waals surface area contributed by atoms with Crippen LogP contribution < -0.4 is 4.72 Å². The summed E-state index contributed by atoms with van der Waals surface area (Å²) < 4.78 is 53.1. The first-order valence-electron chi connectivity index (χ1n) is 5.97. The zero-order chi connectivity index (χ0) is 15.7. The molecule has 1 N–H and O–H groups in total. The molecule has 20 heavy (non-hydrogen) atoms. The predicted molar refractivity (Wildman–Crippen MR) is 75.9 cm³/mol. The lowest BCUT2D eigenvalue weighted by atomic mass is 10.0. The van der Waals surface area contributed by atoms with Crippen LogP contribution >= 0.6 is 11.6 Å². The summed E-state index contributed by atoms with van der Waals surface area (Å²) in [5, 5.41) is 0.0187. The van der Waals surface area contributed by atoms with Gasteiger partial charge in [0.25, 0.3) is 0 Å². The van der Waals surface area contributed by atoms with Crippen molar-refractivity contribution in [3.05, 3.63) is 34.3 Å². The van der Waals surface area contributed by atoms with Gasteiger partial charge in [-0.25, -0.2) is 8.93 Å². The van der Waals surface area contributed by atoms with E-state index in [0.717, 1.165) is 6.07 Å². The van der Waals surface area contributed by atoms with Crippen molar-refractivity contribution in [3.63, 3.8) is 0 Å². The summed E-state index contributed by atoms with van der Waals surface area (Å²) >= 11 is 5.63. The Kier molecular flexibility index (Phi) is 5.27. The average molecular weight is 328 g/mol. The van der Waals surface area contributed by atoms with Crippen LogP contribution in [0.4, 0.5) is 13.2 Å². The Bertz CT molecular complexity index is 511. The summed E-state index contributed by atoms with van der Waals surface area (Å²) in [7, 11) is -1.46. The number of nitrogens with one attached hydrogen (secondary N) is 1. The van der Waals surface area contributed by atoms with Gasteiger partial charge < -0.3 is 0 Å². The molecule has 0 aliphatic rings. The number of rotatable bonds is 3. The summed E-state index contributed by atoms with van der Waals surface area (Å²) in [6.45, 7) is 6.78. The Balaban J connectivity index is 3.11. The molecule has 0 fully saturated rings.